The van der Waals surface area contributed by atoms with Crippen LogP contribution >= 0.6 is 23.4 Å². The van der Waals surface area contributed by atoms with E-state index in [-0.39, 0.29) is 17.4 Å². The van der Waals surface area contributed by atoms with Crippen LogP contribution in [0.3, 0.4) is 0 Å². The van der Waals surface area contributed by atoms with E-state index in [0.717, 1.165) is 27.9 Å². The Morgan fingerprint density at radius 3 is 2.27 bits per heavy atom. The molecule has 0 radical (unpaired) electrons. The minimum Gasteiger partial charge on any atom is -0.353 e. The number of amides is 1. The van der Waals surface area contributed by atoms with Gasteiger partial charge in [-0.2, -0.15) is 5.26 Å². The number of benzene rings is 2. The Bertz CT molecular complexity index is 1200. The van der Waals surface area contributed by atoms with Crippen LogP contribution in [0.1, 0.15) is 42.0 Å². The zero-order valence-corrected chi connectivity index (χ0v) is 20.9. The maximum atomic E-state index is 12.7. The van der Waals surface area contributed by atoms with Gasteiger partial charge in [-0.25, -0.2) is 0 Å². The van der Waals surface area contributed by atoms with Crippen LogP contribution in [0.5, 0.6) is 0 Å². The monoisotopic (exact) mass is 479 g/mol. The van der Waals surface area contributed by atoms with Gasteiger partial charge in [0, 0.05) is 22.0 Å². The fraction of sp³-hybridized carbons (Fsp3) is 0.269. The van der Waals surface area contributed by atoms with E-state index in [1.165, 1.54) is 18.7 Å². The number of Topliss-reactive ketones (excluding diaryl/α,β-unsaturated/α-hetero) is 1. The van der Waals surface area contributed by atoms with Crippen LogP contribution < -0.4 is 10.6 Å². The largest absolute Gasteiger partial charge is 0.353 e. The Morgan fingerprint density at radius 1 is 1.12 bits per heavy atom. The molecule has 0 fully saturated rings. The average Bonchev–Trinajstić information content (AvgIpc) is 2.74. The van der Waals surface area contributed by atoms with Gasteiger partial charge in [0.1, 0.15) is 0 Å². The molecule has 0 spiro atoms. The maximum absolute atomic E-state index is 12.7. The second-order valence-electron chi connectivity index (χ2n) is 8.17. The number of nitrogens with one attached hydrogen (secondary N) is 2. The number of nitrogens with zero attached hydrogens (tertiary/aromatic N) is 1. The van der Waals surface area contributed by atoms with E-state index in [2.05, 4.69) is 16.7 Å². The number of hydrogen-bond acceptors (Lipinski definition) is 5. The molecule has 0 unspecified atom stereocenters. The summed E-state index contributed by atoms with van der Waals surface area (Å²) < 4.78 is 0. The molecule has 1 aliphatic heterocycles. The van der Waals surface area contributed by atoms with Gasteiger partial charge in [0.05, 0.1) is 28.3 Å². The summed E-state index contributed by atoms with van der Waals surface area (Å²) in [5, 5.41) is 17.3. The summed E-state index contributed by atoms with van der Waals surface area (Å²) in [7, 11) is 0. The second kappa shape index (κ2) is 10.3. The number of hydrogen-bond donors (Lipinski definition) is 2. The fourth-order valence-corrected chi connectivity index (χ4v) is 5.19. The lowest BCUT2D eigenvalue weighted by atomic mass is 9.81. The van der Waals surface area contributed by atoms with Crippen LogP contribution in [0.2, 0.25) is 5.02 Å². The van der Waals surface area contributed by atoms with Gasteiger partial charge in [0.15, 0.2) is 5.78 Å². The average molecular weight is 480 g/mol. The molecule has 33 heavy (non-hydrogen) atoms. The molecule has 0 aliphatic carbocycles. The Hall–Kier alpha value is -3.01. The number of halogens is 1. The van der Waals surface area contributed by atoms with Crippen molar-refractivity contribution < 1.29 is 9.59 Å². The predicted molar refractivity (Wildman–Crippen MR) is 135 cm³/mol. The molecule has 170 valence electrons. The number of thioether (sulfide) groups is 1. The van der Waals surface area contributed by atoms with Crippen molar-refractivity contribution in [1.82, 2.24) is 5.32 Å². The number of nitriles is 1. The molecule has 5 nitrogen and oxygen atoms in total. The summed E-state index contributed by atoms with van der Waals surface area (Å²) in [6, 6.07) is 13.5. The fourth-order valence-electron chi connectivity index (χ4n) is 4.17. The number of carbonyl (C=O) groups is 2. The first kappa shape index (κ1) is 24.6. The van der Waals surface area contributed by atoms with Gasteiger partial charge in [-0.3, -0.25) is 9.59 Å². The number of anilines is 1. The van der Waals surface area contributed by atoms with Crippen molar-refractivity contribution in [2.24, 2.45) is 0 Å². The Labute approximate surface area is 203 Å². The highest BCUT2D eigenvalue weighted by atomic mass is 35.5. The number of dihydropyridines is 1. The number of rotatable bonds is 6. The summed E-state index contributed by atoms with van der Waals surface area (Å²) in [6.07, 6.45) is 0. The molecule has 0 saturated heterocycles. The van der Waals surface area contributed by atoms with Crippen molar-refractivity contribution in [1.29, 1.82) is 5.26 Å². The third-order valence-corrected chi connectivity index (χ3v) is 6.79. The molecule has 3 rings (SSSR count). The third kappa shape index (κ3) is 5.50. The molecule has 1 aliphatic rings. The van der Waals surface area contributed by atoms with Crippen molar-refractivity contribution in [3.63, 3.8) is 0 Å². The maximum Gasteiger partial charge on any atom is 0.234 e. The van der Waals surface area contributed by atoms with E-state index in [9.17, 15) is 14.9 Å². The molecular formula is C26H26ClN3O2S. The number of allylic oxidation sites excluding steroid dienone is 3. The van der Waals surface area contributed by atoms with Gasteiger partial charge >= 0.3 is 0 Å². The number of aryl methyl sites for hydroxylation is 3. The molecule has 1 amide bonds. The van der Waals surface area contributed by atoms with Gasteiger partial charge in [-0.1, -0.05) is 53.2 Å². The minimum atomic E-state index is -0.516. The van der Waals surface area contributed by atoms with Crippen molar-refractivity contribution in [2.75, 3.05) is 11.1 Å². The first-order valence-electron chi connectivity index (χ1n) is 10.5. The minimum absolute atomic E-state index is 0.111. The first-order valence-corrected chi connectivity index (χ1v) is 11.9. The van der Waals surface area contributed by atoms with Gasteiger partial charge < -0.3 is 10.6 Å². The predicted octanol–water partition coefficient (Wildman–Crippen LogP) is 5.92. The summed E-state index contributed by atoms with van der Waals surface area (Å²) in [5.74, 6) is -0.669. The van der Waals surface area contributed by atoms with Crippen molar-refractivity contribution in [2.45, 2.75) is 40.5 Å². The number of ketones is 1. The lowest BCUT2D eigenvalue weighted by molar-refractivity contribution is -0.114. The molecule has 2 N–H and O–H groups in total. The van der Waals surface area contributed by atoms with Crippen molar-refractivity contribution in [3.8, 4) is 6.07 Å². The van der Waals surface area contributed by atoms with E-state index in [1.807, 2.05) is 52.0 Å². The van der Waals surface area contributed by atoms with Crippen LogP contribution in [0.15, 0.2) is 58.3 Å². The third-order valence-electron chi connectivity index (χ3n) is 5.52. The summed E-state index contributed by atoms with van der Waals surface area (Å²) >= 11 is 7.30. The van der Waals surface area contributed by atoms with Gasteiger partial charge in [0.2, 0.25) is 5.91 Å². The van der Waals surface area contributed by atoms with Crippen LogP contribution in [-0.2, 0) is 9.59 Å². The first-order chi connectivity index (χ1) is 15.6. The Balaban J connectivity index is 1.88. The molecular weight excluding hydrogens is 454 g/mol. The SMILES string of the molecule is CC(=O)C1=C(C)NC(SCC(=O)Nc2c(C)cc(C)cc2C)=C(C#N)[C@H]1c1ccc(Cl)cc1. The molecule has 0 saturated carbocycles. The van der Waals surface area contributed by atoms with E-state index >= 15 is 0 Å². The van der Waals surface area contributed by atoms with Gasteiger partial charge in [-0.15, -0.1) is 0 Å². The molecule has 2 aromatic rings. The smallest absolute Gasteiger partial charge is 0.234 e. The zero-order chi connectivity index (χ0) is 24.3. The van der Waals surface area contributed by atoms with E-state index < -0.39 is 5.92 Å². The topological polar surface area (TPSA) is 82.0 Å². The highest BCUT2D eigenvalue weighted by Gasteiger charge is 2.33. The van der Waals surface area contributed by atoms with Crippen LogP contribution in [0, 0.1) is 32.1 Å². The standard InChI is InChI=1S/C26H26ClN3O2S/c1-14-10-15(2)25(16(3)11-14)30-22(32)13-33-26-21(12-28)24(19-6-8-20(27)9-7-19)23(18(5)31)17(4)29-26/h6-11,24,29H,13H2,1-5H3,(H,30,32)/t24-/m1/s1. The second-order valence-corrected chi connectivity index (χ2v) is 9.59. The Kier molecular flexibility index (Phi) is 7.68. The molecule has 2 aromatic carbocycles. The van der Waals surface area contributed by atoms with Crippen LogP contribution in [-0.4, -0.2) is 17.4 Å². The van der Waals surface area contributed by atoms with Crippen molar-refractivity contribution in [3.05, 3.63) is 85.5 Å². The highest BCUT2D eigenvalue weighted by Crippen LogP contribution is 2.41. The molecule has 0 bridgehead atoms. The molecule has 1 atom stereocenters. The lowest BCUT2D eigenvalue weighted by Crippen LogP contribution is -2.27. The quantitative estimate of drug-likeness (QED) is 0.537. The van der Waals surface area contributed by atoms with E-state index in [0.29, 0.717) is 26.9 Å². The molecule has 7 heteroatoms. The van der Waals surface area contributed by atoms with E-state index in [1.54, 1.807) is 12.1 Å². The van der Waals surface area contributed by atoms with Crippen molar-refractivity contribution >= 4 is 40.7 Å². The lowest BCUT2D eigenvalue weighted by Gasteiger charge is -2.29. The molecule has 0 aromatic heterocycles. The summed E-state index contributed by atoms with van der Waals surface area (Å²) in [6.45, 7) is 9.27. The van der Waals surface area contributed by atoms with Crippen LogP contribution in [0.4, 0.5) is 5.69 Å². The number of carbonyl (C=O) groups excluding carboxylic acids is 2. The van der Waals surface area contributed by atoms with Gasteiger partial charge in [-0.05, 0) is 63.4 Å². The Morgan fingerprint density at radius 2 is 1.73 bits per heavy atom. The highest BCUT2D eigenvalue weighted by molar-refractivity contribution is 8.03. The summed E-state index contributed by atoms with van der Waals surface area (Å²) in [5.41, 5.74) is 6.39. The van der Waals surface area contributed by atoms with Crippen LogP contribution in [0.25, 0.3) is 0 Å². The zero-order valence-electron chi connectivity index (χ0n) is 19.3. The van der Waals surface area contributed by atoms with Gasteiger partial charge in [0.25, 0.3) is 0 Å². The van der Waals surface area contributed by atoms with E-state index in [4.69, 9.17) is 11.6 Å². The molecule has 1 heterocycles. The normalized spacial score (nSPS) is 15.7. The summed E-state index contributed by atoms with van der Waals surface area (Å²) in [4.78, 5) is 25.2.